The van der Waals surface area contributed by atoms with E-state index in [2.05, 4.69) is 11.0 Å². The first-order valence-electron chi connectivity index (χ1n) is 11.0. The van der Waals surface area contributed by atoms with E-state index >= 15 is 0 Å². The zero-order valence-electron chi connectivity index (χ0n) is 19.9. The molecular formula is C24H30N2O7S2. The van der Waals surface area contributed by atoms with Crippen molar-refractivity contribution in [1.82, 2.24) is 10.4 Å². The standard InChI is InChI=1S/C24H30N2O7S2/c1-24(23(27)25-28,34(2,29)30)14-17-26-15-12-21(13-16-26)19-6-4-18(5-7-19)20-8-10-22(11-9-20)33-35(3,31)32/h4-12,28H,13-17H2,1-3H3,(H,25,27). The quantitative estimate of drug-likeness (QED) is 0.292. The van der Waals surface area contributed by atoms with E-state index in [0.29, 0.717) is 13.1 Å². The van der Waals surface area contributed by atoms with E-state index < -0.39 is 30.6 Å². The largest absolute Gasteiger partial charge is 0.383 e. The van der Waals surface area contributed by atoms with Gasteiger partial charge in [-0.1, -0.05) is 42.5 Å². The molecule has 1 amide bonds. The molecule has 1 heterocycles. The van der Waals surface area contributed by atoms with Crippen molar-refractivity contribution < 1.29 is 31.0 Å². The lowest BCUT2D eigenvalue weighted by atomic mass is 9.96. The second-order valence-corrected chi connectivity index (χ2v) is 12.9. The van der Waals surface area contributed by atoms with Gasteiger partial charge < -0.3 is 4.18 Å². The summed E-state index contributed by atoms with van der Waals surface area (Å²) in [5, 5.41) is 8.96. The predicted molar refractivity (Wildman–Crippen MR) is 134 cm³/mol. The van der Waals surface area contributed by atoms with Gasteiger partial charge in [-0.15, -0.1) is 0 Å². The molecule has 0 bridgehead atoms. The first kappa shape index (κ1) is 26.9. The number of rotatable bonds is 9. The Hall–Kier alpha value is -2.73. The number of nitrogens with one attached hydrogen (secondary N) is 1. The molecule has 0 aliphatic carbocycles. The Kier molecular flexibility index (Phi) is 8.05. The van der Waals surface area contributed by atoms with E-state index in [0.717, 1.165) is 42.2 Å². The molecule has 3 rings (SSSR count). The minimum Gasteiger partial charge on any atom is -0.383 e. The van der Waals surface area contributed by atoms with E-state index in [4.69, 9.17) is 9.39 Å². The van der Waals surface area contributed by atoms with Gasteiger partial charge in [-0.2, -0.15) is 8.42 Å². The van der Waals surface area contributed by atoms with Gasteiger partial charge in [0, 0.05) is 25.9 Å². The van der Waals surface area contributed by atoms with E-state index in [9.17, 15) is 21.6 Å². The first-order valence-corrected chi connectivity index (χ1v) is 14.7. The molecule has 0 fully saturated rings. The van der Waals surface area contributed by atoms with Gasteiger partial charge in [0.1, 0.15) is 5.75 Å². The molecule has 1 atom stereocenters. The van der Waals surface area contributed by atoms with E-state index in [1.54, 1.807) is 24.3 Å². The number of amides is 1. The third-order valence-electron chi connectivity index (χ3n) is 6.29. The average molecular weight is 523 g/mol. The summed E-state index contributed by atoms with van der Waals surface area (Å²) in [4.78, 5) is 14.1. The van der Waals surface area contributed by atoms with Crippen LogP contribution in [-0.2, 0) is 24.7 Å². The average Bonchev–Trinajstić information content (AvgIpc) is 2.81. The molecule has 2 aromatic rings. The molecule has 0 aromatic heterocycles. The van der Waals surface area contributed by atoms with Gasteiger partial charge in [0.15, 0.2) is 14.6 Å². The third-order valence-corrected chi connectivity index (χ3v) is 8.81. The zero-order chi connectivity index (χ0) is 25.9. The van der Waals surface area contributed by atoms with Gasteiger partial charge in [-0.05, 0) is 54.2 Å². The summed E-state index contributed by atoms with van der Waals surface area (Å²) < 4.78 is 49.9. The molecule has 1 aliphatic heterocycles. The van der Waals surface area contributed by atoms with Crippen molar-refractivity contribution in [2.24, 2.45) is 0 Å². The highest BCUT2D eigenvalue weighted by Crippen LogP contribution is 2.28. The highest BCUT2D eigenvalue weighted by atomic mass is 32.2. The van der Waals surface area contributed by atoms with Crippen LogP contribution in [0.15, 0.2) is 54.6 Å². The highest BCUT2D eigenvalue weighted by Gasteiger charge is 2.43. The molecular weight excluding hydrogens is 492 g/mol. The fourth-order valence-corrected chi connectivity index (χ4v) is 5.19. The van der Waals surface area contributed by atoms with Crippen LogP contribution in [0.5, 0.6) is 5.75 Å². The molecule has 0 spiro atoms. The van der Waals surface area contributed by atoms with Crippen LogP contribution in [0.2, 0.25) is 0 Å². The molecule has 2 aromatic carbocycles. The van der Waals surface area contributed by atoms with Crippen LogP contribution in [0.25, 0.3) is 16.7 Å². The summed E-state index contributed by atoms with van der Waals surface area (Å²) in [6, 6.07) is 14.9. The maximum atomic E-state index is 12.1. The summed E-state index contributed by atoms with van der Waals surface area (Å²) in [7, 11) is -7.28. The van der Waals surface area contributed by atoms with Gasteiger partial charge in [0.25, 0.3) is 5.91 Å². The fraction of sp³-hybridized carbons (Fsp3) is 0.375. The Morgan fingerprint density at radius 1 is 1.00 bits per heavy atom. The third kappa shape index (κ3) is 6.69. The number of hydroxylamine groups is 1. The SMILES string of the molecule is CC(CCN1CC=C(c2ccc(-c3ccc(OS(C)(=O)=O)cc3)cc2)CC1)(C(=O)NO)S(C)(=O)=O. The first-order chi connectivity index (χ1) is 16.3. The summed E-state index contributed by atoms with van der Waals surface area (Å²) in [6.45, 7) is 3.07. The maximum Gasteiger partial charge on any atom is 0.306 e. The fourth-order valence-electron chi connectivity index (χ4n) is 3.89. The second-order valence-electron chi connectivity index (χ2n) is 8.86. The van der Waals surface area contributed by atoms with E-state index in [-0.39, 0.29) is 12.2 Å². The number of carbonyl (C=O) groups is 1. The smallest absolute Gasteiger partial charge is 0.306 e. The lowest BCUT2D eigenvalue weighted by Gasteiger charge is -2.31. The summed E-state index contributed by atoms with van der Waals surface area (Å²) in [6.07, 6.45) is 4.95. The molecule has 9 nitrogen and oxygen atoms in total. The van der Waals surface area contributed by atoms with E-state index in [1.807, 2.05) is 24.3 Å². The zero-order valence-corrected chi connectivity index (χ0v) is 21.5. The normalized spacial score (nSPS) is 16.7. The summed E-state index contributed by atoms with van der Waals surface area (Å²) in [5.74, 6) is -0.662. The molecule has 1 aliphatic rings. The highest BCUT2D eigenvalue weighted by molar-refractivity contribution is 7.92. The topological polar surface area (TPSA) is 130 Å². The lowest BCUT2D eigenvalue weighted by molar-refractivity contribution is -0.131. The molecule has 0 saturated heterocycles. The van der Waals surface area contributed by atoms with Gasteiger partial charge in [0.05, 0.1) is 6.26 Å². The Labute approximate surface area is 206 Å². The van der Waals surface area contributed by atoms with Crippen LogP contribution < -0.4 is 9.66 Å². The molecule has 0 saturated carbocycles. The number of hydrogen-bond acceptors (Lipinski definition) is 8. The van der Waals surface area contributed by atoms with Crippen molar-refractivity contribution in [2.75, 3.05) is 32.1 Å². The number of hydrogen-bond donors (Lipinski definition) is 2. The Morgan fingerprint density at radius 3 is 2.00 bits per heavy atom. The van der Waals surface area contributed by atoms with Crippen LogP contribution >= 0.6 is 0 Å². The van der Waals surface area contributed by atoms with Crippen molar-refractivity contribution >= 4 is 31.4 Å². The number of benzene rings is 2. The predicted octanol–water partition coefficient (Wildman–Crippen LogP) is 2.48. The molecule has 190 valence electrons. The van der Waals surface area contributed by atoms with Crippen molar-refractivity contribution in [3.63, 3.8) is 0 Å². The van der Waals surface area contributed by atoms with Crippen LogP contribution in [0.4, 0.5) is 0 Å². The van der Waals surface area contributed by atoms with Crippen LogP contribution in [-0.4, -0.2) is 69.7 Å². The summed E-state index contributed by atoms with van der Waals surface area (Å²) >= 11 is 0. The Bertz CT molecular complexity index is 1300. The van der Waals surface area contributed by atoms with Crippen molar-refractivity contribution in [3.05, 3.63) is 60.2 Å². The van der Waals surface area contributed by atoms with Crippen molar-refractivity contribution in [1.29, 1.82) is 0 Å². The minimum absolute atomic E-state index is 0.0735. The number of carbonyl (C=O) groups excluding carboxylic acids is 1. The number of sulfone groups is 1. The second kappa shape index (κ2) is 10.5. The van der Waals surface area contributed by atoms with Crippen molar-refractivity contribution in [3.8, 4) is 16.9 Å². The monoisotopic (exact) mass is 522 g/mol. The maximum absolute atomic E-state index is 12.1. The molecule has 35 heavy (non-hydrogen) atoms. The lowest BCUT2D eigenvalue weighted by Crippen LogP contribution is -2.51. The van der Waals surface area contributed by atoms with Crippen LogP contribution in [0.1, 0.15) is 25.3 Å². The van der Waals surface area contributed by atoms with Crippen LogP contribution in [0.3, 0.4) is 0 Å². The minimum atomic E-state index is -3.72. The van der Waals surface area contributed by atoms with Gasteiger partial charge in [0.2, 0.25) is 0 Å². The summed E-state index contributed by atoms with van der Waals surface area (Å²) in [5.41, 5.74) is 5.67. The van der Waals surface area contributed by atoms with Gasteiger partial charge in [-0.25, -0.2) is 13.9 Å². The van der Waals surface area contributed by atoms with Gasteiger partial charge in [-0.3, -0.25) is 14.9 Å². The van der Waals surface area contributed by atoms with Crippen LogP contribution in [0, 0.1) is 0 Å². The Balaban J connectivity index is 1.63. The van der Waals surface area contributed by atoms with Crippen molar-refractivity contribution in [2.45, 2.75) is 24.5 Å². The van der Waals surface area contributed by atoms with E-state index in [1.165, 1.54) is 18.0 Å². The molecule has 2 N–H and O–H groups in total. The molecule has 0 radical (unpaired) electrons. The van der Waals surface area contributed by atoms with Gasteiger partial charge >= 0.3 is 10.1 Å². The molecule has 11 heteroatoms. The molecule has 1 unspecified atom stereocenters. The Morgan fingerprint density at radius 2 is 1.54 bits per heavy atom. The number of nitrogens with zero attached hydrogens (tertiary/aromatic N) is 1.